The Labute approximate surface area is 130 Å². The minimum Gasteiger partial charge on any atom is -0.454 e. The lowest BCUT2D eigenvalue weighted by molar-refractivity contribution is -0.168. The lowest BCUT2D eigenvalue weighted by atomic mass is 9.89. The fourth-order valence-corrected chi connectivity index (χ4v) is 3.11. The van der Waals surface area contributed by atoms with Gasteiger partial charge in [0.1, 0.15) is 5.60 Å². The van der Waals surface area contributed by atoms with Crippen molar-refractivity contribution < 1.29 is 9.53 Å². The first-order valence-corrected chi connectivity index (χ1v) is 11.2. The molecule has 21 heavy (non-hydrogen) atoms. The van der Waals surface area contributed by atoms with Crippen LogP contribution in [-0.4, -0.2) is 14.0 Å². The molecule has 0 saturated carbocycles. The van der Waals surface area contributed by atoms with Gasteiger partial charge in [-0.3, -0.25) is 4.79 Å². The molecule has 0 N–H and O–H groups in total. The Morgan fingerprint density at radius 3 is 1.90 bits per heavy atom. The summed E-state index contributed by atoms with van der Waals surface area (Å²) in [7, 11) is -1.29. The van der Waals surface area contributed by atoms with Crippen molar-refractivity contribution in [2.24, 2.45) is 5.41 Å². The van der Waals surface area contributed by atoms with Crippen molar-refractivity contribution in [2.75, 3.05) is 0 Å². The fraction of sp³-hybridized carbons (Fsp3) is 0.611. The molecule has 0 aromatic heterocycles. The van der Waals surface area contributed by atoms with Gasteiger partial charge in [-0.05, 0) is 39.7 Å². The van der Waals surface area contributed by atoms with Crippen molar-refractivity contribution in [2.45, 2.75) is 66.3 Å². The van der Waals surface area contributed by atoms with Crippen LogP contribution in [0.25, 0.3) is 0 Å². The smallest absolute Gasteiger partial charge is 0.312 e. The third-order valence-corrected chi connectivity index (χ3v) is 6.30. The lowest BCUT2D eigenvalue weighted by Gasteiger charge is -2.31. The number of carbonyl (C=O) groups excluding carboxylic acids is 1. The zero-order valence-electron chi connectivity index (χ0n) is 14.8. The van der Waals surface area contributed by atoms with Gasteiger partial charge < -0.3 is 4.74 Å². The van der Waals surface area contributed by atoms with Gasteiger partial charge in [0.05, 0.1) is 13.5 Å². The molecule has 118 valence electrons. The number of ether oxygens (including phenoxy) is 1. The molecule has 0 aliphatic rings. The van der Waals surface area contributed by atoms with Crippen molar-refractivity contribution in [3.8, 4) is 0 Å². The molecule has 0 spiro atoms. The van der Waals surface area contributed by atoms with Gasteiger partial charge in [-0.15, -0.1) is 0 Å². The summed E-state index contributed by atoms with van der Waals surface area (Å²) < 4.78 is 5.78. The maximum Gasteiger partial charge on any atom is 0.312 e. The Morgan fingerprint density at radius 2 is 1.52 bits per heavy atom. The van der Waals surface area contributed by atoms with E-state index in [1.807, 2.05) is 34.6 Å². The molecule has 0 aliphatic carbocycles. The van der Waals surface area contributed by atoms with Crippen molar-refractivity contribution in [3.63, 3.8) is 0 Å². The van der Waals surface area contributed by atoms with Crippen molar-refractivity contribution in [1.29, 1.82) is 0 Å². The van der Waals surface area contributed by atoms with Crippen LogP contribution >= 0.6 is 0 Å². The van der Waals surface area contributed by atoms with Crippen LogP contribution in [0.2, 0.25) is 19.6 Å². The molecular formula is C18H30O2Si. The summed E-state index contributed by atoms with van der Waals surface area (Å²) in [5.41, 5.74) is 0.0153. The van der Waals surface area contributed by atoms with E-state index in [9.17, 15) is 4.79 Å². The van der Waals surface area contributed by atoms with Gasteiger partial charge in [0, 0.05) is 0 Å². The second kappa shape index (κ2) is 5.96. The number of carbonyl (C=O) groups is 1. The summed E-state index contributed by atoms with van der Waals surface area (Å²) in [5, 5.41) is 1.42. The van der Waals surface area contributed by atoms with Gasteiger partial charge in [-0.1, -0.05) is 56.0 Å². The van der Waals surface area contributed by atoms with Crippen molar-refractivity contribution in [1.82, 2.24) is 0 Å². The van der Waals surface area contributed by atoms with Crippen LogP contribution in [0.1, 0.15) is 46.6 Å². The van der Waals surface area contributed by atoms with Gasteiger partial charge in [0.15, 0.2) is 0 Å². The highest BCUT2D eigenvalue weighted by Gasteiger charge is 2.33. The molecule has 0 heterocycles. The molecule has 1 aromatic rings. The minimum atomic E-state index is -1.29. The quantitative estimate of drug-likeness (QED) is 0.593. The lowest BCUT2D eigenvalue weighted by Crippen LogP contribution is -2.38. The highest BCUT2D eigenvalue weighted by molar-refractivity contribution is 6.88. The predicted octanol–water partition coefficient (Wildman–Crippen LogP) is 4.45. The molecule has 0 radical (unpaired) electrons. The number of hydrogen-bond acceptors (Lipinski definition) is 2. The second-order valence-corrected chi connectivity index (χ2v) is 13.0. The SMILES string of the molecule is CCC(C)(C)C(=O)OC(C)(C)c1ccc([Si](C)(C)C)cc1. The fourth-order valence-electron chi connectivity index (χ4n) is 1.94. The first-order chi connectivity index (χ1) is 9.40. The summed E-state index contributed by atoms with van der Waals surface area (Å²) >= 11 is 0. The van der Waals surface area contributed by atoms with Gasteiger partial charge in [-0.25, -0.2) is 0 Å². The Balaban J connectivity index is 2.96. The van der Waals surface area contributed by atoms with Crippen LogP contribution in [-0.2, 0) is 15.1 Å². The highest BCUT2D eigenvalue weighted by atomic mass is 28.3. The monoisotopic (exact) mass is 306 g/mol. The number of rotatable bonds is 5. The molecule has 1 aromatic carbocycles. The van der Waals surface area contributed by atoms with Gasteiger partial charge in [0.2, 0.25) is 0 Å². The van der Waals surface area contributed by atoms with E-state index < -0.39 is 19.1 Å². The van der Waals surface area contributed by atoms with Gasteiger partial charge in [-0.2, -0.15) is 0 Å². The molecule has 0 atom stereocenters. The first-order valence-electron chi connectivity index (χ1n) is 7.74. The maximum atomic E-state index is 12.3. The van der Waals surface area contributed by atoms with Crippen LogP contribution in [0.4, 0.5) is 0 Å². The Kier molecular flexibility index (Phi) is 5.09. The van der Waals surface area contributed by atoms with Crippen LogP contribution in [0.5, 0.6) is 0 Å². The van der Waals surface area contributed by atoms with E-state index >= 15 is 0 Å². The van der Waals surface area contributed by atoms with Crippen molar-refractivity contribution >= 4 is 19.2 Å². The molecule has 1 rings (SSSR count). The van der Waals surface area contributed by atoms with E-state index in [0.29, 0.717) is 0 Å². The molecule has 2 nitrogen and oxygen atoms in total. The van der Waals surface area contributed by atoms with Crippen LogP contribution in [0, 0.1) is 5.41 Å². The van der Waals surface area contributed by atoms with E-state index in [1.54, 1.807) is 0 Å². The van der Waals surface area contributed by atoms with E-state index in [-0.39, 0.29) is 5.97 Å². The van der Waals surface area contributed by atoms with Crippen LogP contribution in [0.3, 0.4) is 0 Å². The van der Waals surface area contributed by atoms with E-state index in [2.05, 4.69) is 43.9 Å². The molecule has 3 heteroatoms. The summed E-state index contributed by atoms with van der Waals surface area (Å²) in [4.78, 5) is 12.3. The largest absolute Gasteiger partial charge is 0.454 e. The predicted molar refractivity (Wildman–Crippen MR) is 92.6 cm³/mol. The molecule has 0 bridgehead atoms. The van der Waals surface area contributed by atoms with E-state index in [0.717, 1.165) is 12.0 Å². The molecule has 0 unspecified atom stereocenters. The van der Waals surface area contributed by atoms with Gasteiger partial charge in [0.25, 0.3) is 0 Å². The van der Waals surface area contributed by atoms with E-state index in [1.165, 1.54) is 5.19 Å². The number of benzene rings is 1. The molecule has 0 aliphatic heterocycles. The third kappa shape index (κ3) is 4.44. The van der Waals surface area contributed by atoms with Crippen molar-refractivity contribution in [3.05, 3.63) is 29.8 Å². The third-order valence-electron chi connectivity index (χ3n) is 4.23. The summed E-state index contributed by atoms with van der Waals surface area (Å²) in [5.74, 6) is -0.135. The Morgan fingerprint density at radius 1 is 1.05 bits per heavy atom. The zero-order chi connectivity index (χ0) is 16.5. The summed E-state index contributed by atoms with van der Waals surface area (Å²) in [6.07, 6.45) is 0.774. The standard InChI is InChI=1S/C18H30O2Si/c1-9-17(2,3)16(19)20-18(4,5)14-10-12-15(13-11-14)21(6,7)8/h10-13H,9H2,1-8H3. The topological polar surface area (TPSA) is 26.3 Å². The van der Waals surface area contributed by atoms with E-state index in [4.69, 9.17) is 4.74 Å². The summed E-state index contributed by atoms with van der Waals surface area (Å²) in [6.45, 7) is 16.8. The summed E-state index contributed by atoms with van der Waals surface area (Å²) in [6, 6.07) is 8.56. The maximum absolute atomic E-state index is 12.3. The average Bonchev–Trinajstić information content (AvgIpc) is 2.37. The molecule has 0 amide bonds. The Bertz CT molecular complexity index is 493. The van der Waals surface area contributed by atoms with Gasteiger partial charge >= 0.3 is 5.97 Å². The number of esters is 1. The first kappa shape index (κ1) is 18.0. The van der Waals surface area contributed by atoms with Crippen LogP contribution < -0.4 is 5.19 Å². The molecule has 0 saturated heterocycles. The normalized spacial score (nSPS) is 13.1. The van der Waals surface area contributed by atoms with Crippen LogP contribution in [0.15, 0.2) is 24.3 Å². The highest BCUT2D eigenvalue weighted by Crippen LogP contribution is 2.30. The molecular weight excluding hydrogens is 276 g/mol. The number of hydrogen-bond donors (Lipinski definition) is 0. The Hall–Kier alpha value is -1.09. The second-order valence-electron chi connectivity index (χ2n) is 7.96. The zero-order valence-corrected chi connectivity index (χ0v) is 15.8. The minimum absolute atomic E-state index is 0.135. The molecule has 0 fully saturated rings. The average molecular weight is 307 g/mol.